The lowest BCUT2D eigenvalue weighted by Gasteiger charge is -2.19. The van der Waals surface area contributed by atoms with E-state index in [1.807, 2.05) is 6.92 Å². The minimum atomic E-state index is -1.24. The highest BCUT2D eigenvalue weighted by Gasteiger charge is 2.25. The van der Waals surface area contributed by atoms with Crippen LogP contribution in [0.4, 0.5) is 0 Å². The highest BCUT2D eigenvalue weighted by molar-refractivity contribution is 6.36. The highest BCUT2D eigenvalue weighted by atomic mass is 35.5. The van der Waals surface area contributed by atoms with Crippen LogP contribution in [0.5, 0.6) is 5.75 Å². The predicted octanol–water partition coefficient (Wildman–Crippen LogP) is 3.80. The molecular formula is C14H16Cl2O5. The van der Waals surface area contributed by atoms with Gasteiger partial charge in [-0.3, -0.25) is 0 Å². The van der Waals surface area contributed by atoms with Gasteiger partial charge in [0.15, 0.2) is 11.9 Å². The summed E-state index contributed by atoms with van der Waals surface area (Å²) in [5, 5.41) is 9.39. The topological polar surface area (TPSA) is 72.8 Å². The summed E-state index contributed by atoms with van der Waals surface area (Å²) >= 11 is 11.8. The largest absolute Gasteiger partial charge is 0.478 e. The molecule has 1 aromatic carbocycles. The fourth-order valence-electron chi connectivity index (χ4n) is 1.70. The molecule has 1 atom stereocenters. The molecule has 0 saturated heterocycles. The first-order valence-electron chi connectivity index (χ1n) is 6.46. The smallest absolute Gasteiger partial charge is 0.347 e. The van der Waals surface area contributed by atoms with E-state index in [1.54, 1.807) is 6.92 Å². The van der Waals surface area contributed by atoms with Gasteiger partial charge in [-0.15, -0.1) is 0 Å². The lowest BCUT2D eigenvalue weighted by molar-refractivity contribution is -0.151. The SMILES string of the molecule is CCCC(Oc1c(Cl)cc(Cl)cc1C(=O)O)C(=O)OCC. The molecule has 0 heterocycles. The molecular weight excluding hydrogens is 319 g/mol. The number of hydrogen-bond acceptors (Lipinski definition) is 4. The Bertz CT molecular complexity index is 530. The molecule has 1 rings (SSSR count). The summed E-state index contributed by atoms with van der Waals surface area (Å²) in [5.41, 5.74) is -0.196. The van der Waals surface area contributed by atoms with E-state index >= 15 is 0 Å². The number of carbonyl (C=O) groups excluding carboxylic acids is 1. The average Bonchev–Trinajstić information content (AvgIpc) is 2.40. The maximum atomic E-state index is 11.8. The summed E-state index contributed by atoms with van der Waals surface area (Å²) in [6.45, 7) is 3.76. The molecule has 1 unspecified atom stereocenters. The van der Waals surface area contributed by atoms with Crippen LogP contribution in [0, 0.1) is 0 Å². The molecule has 0 aliphatic carbocycles. The molecule has 0 spiro atoms. The molecule has 0 radical (unpaired) electrons. The van der Waals surface area contributed by atoms with Crippen molar-refractivity contribution in [3.05, 3.63) is 27.7 Å². The van der Waals surface area contributed by atoms with E-state index in [0.29, 0.717) is 12.8 Å². The van der Waals surface area contributed by atoms with Crippen LogP contribution >= 0.6 is 23.2 Å². The number of carboxylic acid groups (broad SMARTS) is 1. The number of ether oxygens (including phenoxy) is 2. The van der Waals surface area contributed by atoms with Gasteiger partial charge in [0.25, 0.3) is 0 Å². The third-order valence-electron chi connectivity index (χ3n) is 2.60. The lowest BCUT2D eigenvalue weighted by Crippen LogP contribution is -2.30. The zero-order valence-electron chi connectivity index (χ0n) is 11.7. The fourth-order valence-corrected chi connectivity index (χ4v) is 2.24. The summed E-state index contributed by atoms with van der Waals surface area (Å²) in [4.78, 5) is 23.1. The number of hydrogen-bond donors (Lipinski definition) is 1. The zero-order chi connectivity index (χ0) is 16.0. The van der Waals surface area contributed by atoms with Gasteiger partial charge in [-0.25, -0.2) is 9.59 Å². The van der Waals surface area contributed by atoms with Crippen LogP contribution < -0.4 is 4.74 Å². The molecule has 0 saturated carbocycles. The molecule has 0 bridgehead atoms. The van der Waals surface area contributed by atoms with Gasteiger partial charge in [-0.05, 0) is 25.5 Å². The minimum Gasteiger partial charge on any atom is -0.478 e. The second-order valence-corrected chi connectivity index (χ2v) is 5.06. The van der Waals surface area contributed by atoms with Crippen LogP contribution in [0.2, 0.25) is 10.0 Å². The van der Waals surface area contributed by atoms with Crippen molar-refractivity contribution in [2.75, 3.05) is 6.61 Å². The van der Waals surface area contributed by atoms with Gasteiger partial charge in [-0.1, -0.05) is 36.5 Å². The van der Waals surface area contributed by atoms with Crippen molar-refractivity contribution in [3.8, 4) is 5.75 Å². The summed E-state index contributed by atoms with van der Waals surface area (Å²) in [6, 6.07) is 2.58. The standard InChI is InChI=1S/C14H16Cl2O5/c1-3-5-11(14(19)20-4-2)21-12-9(13(17)18)6-8(15)7-10(12)16/h6-7,11H,3-5H2,1-2H3,(H,17,18). The van der Waals surface area contributed by atoms with E-state index in [4.69, 9.17) is 32.7 Å². The summed E-state index contributed by atoms with van der Waals surface area (Å²) in [7, 11) is 0. The normalized spacial score (nSPS) is 11.8. The van der Waals surface area contributed by atoms with Crippen LogP contribution in [-0.4, -0.2) is 29.8 Å². The number of carboxylic acids is 1. The Balaban J connectivity index is 3.13. The summed E-state index contributed by atoms with van der Waals surface area (Å²) < 4.78 is 10.4. The second kappa shape index (κ2) is 8.10. The molecule has 1 N–H and O–H groups in total. The molecule has 1 aromatic rings. The van der Waals surface area contributed by atoms with E-state index in [0.717, 1.165) is 0 Å². The summed E-state index contributed by atoms with van der Waals surface area (Å²) in [5.74, 6) is -1.88. The first kappa shape index (κ1) is 17.6. The number of carbonyl (C=O) groups is 2. The average molecular weight is 335 g/mol. The van der Waals surface area contributed by atoms with Crippen molar-refractivity contribution in [1.29, 1.82) is 0 Å². The molecule has 0 fully saturated rings. The Hall–Kier alpha value is -1.46. The highest BCUT2D eigenvalue weighted by Crippen LogP contribution is 2.33. The maximum absolute atomic E-state index is 11.8. The van der Waals surface area contributed by atoms with Gasteiger partial charge in [0.2, 0.25) is 0 Å². The Kier molecular flexibility index (Phi) is 6.78. The van der Waals surface area contributed by atoms with Gasteiger partial charge in [-0.2, -0.15) is 0 Å². The number of esters is 1. The van der Waals surface area contributed by atoms with Crippen molar-refractivity contribution < 1.29 is 24.2 Å². The molecule has 5 nitrogen and oxygen atoms in total. The number of rotatable bonds is 7. The Labute approximate surface area is 132 Å². The van der Waals surface area contributed by atoms with Gasteiger partial charge < -0.3 is 14.6 Å². The van der Waals surface area contributed by atoms with Crippen molar-refractivity contribution >= 4 is 35.1 Å². The van der Waals surface area contributed by atoms with Crippen LogP contribution in [0.25, 0.3) is 0 Å². The van der Waals surface area contributed by atoms with Crippen molar-refractivity contribution in [3.63, 3.8) is 0 Å². The van der Waals surface area contributed by atoms with Crippen LogP contribution in [0.15, 0.2) is 12.1 Å². The quantitative estimate of drug-likeness (QED) is 0.767. The first-order chi connectivity index (χ1) is 9.90. The third-order valence-corrected chi connectivity index (χ3v) is 3.10. The Morgan fingerprint density at radius 3 is 2.48 bits per heavy atom. The molecule has 0 amide bonds. The second-order valence-electron chi connectivity index (χ2n) is 4.22. The predicted molar refractivity (Wildman–Crippen MR) is 79.4 cm³/mol. The Morgan fingerprint density at radius 2 is 1.95 bits per heavy atom. The minimum absolute atomic E-state index is 0.0327. The monoisotopic (exact) mass is 334 g/mol. The molecule has 7 heteroatoms. The molecule has 0 aliphatic heterocycles. The fraction of sp³-hybridized carbons (Fsp3) is 0.429. The van der Waals surface area contributed by atoms with Gasteiger partial charge in [0, 0.05) is 5.02 Å². The molecule has 0 aliphatic rings. The lowest BCUT2D eigenvalue weighted by atomic mass is 10.1. The maximum Gasteiger partial charge on any atom is 0.347 e. The van der Waals surface area contributed by atoms with Crippen molar-refractivity contribution in [1.82, 2.24) is 0 Å². The third kappa shape index (κ3) is 4.79. The first-order valence-corrected chi connectivity index (χ1v) is 7.21. The number of aromatic carboxylic acids is 1. The Morgan fingerprint density at radius 1 is 1.29 bits per heavy atom. The van der Waals surface area contributed by atoms with Crippen LogP contribution in [0.1, 0.15) is 37.0 Å². The van der Waals surface area contributed by atoms with E-state index in [1.165, 1.54) is 12.1 Å². The number of benzene rings is 1. The zero-order valence-corrected chi connectivity index (χ0v) is 13.2. The van der Waals surface area contributed by atoms with E-state index in [9.17, 15) is 14.7 Å². The van der Waals surface area contributed by atoms with Crippen molar-refractivity contribution in [2.45, 2.75) is 32.8 Å². The van der Waals surface area contributed by atoms with E-state index in [-0.39, 0.29) is 28.0 Å². The molecule has 21 heavy (non-hydrogen) atoms. The van der Waals surface area contributed by atoms with E-state index < -0.39 is 18.0 Å². The van der Waals surface area contributed by atoms with Crippen LogP contribution in [0.3, 0.4) is 0 Å². The molecule has 116 valence electrons. The van der Waals surface area contributed by atoms with Gasteiger partial charge in [0.05, 0.1) is 11.6 Å². The number of halogens is 2. The molecule has 0 aromatic heterocycles. The van der Waals surface area contributed by atoms with Crippen molar-refractivity contribution in [2.24, 2.45) is 0 Å². The summed E-state index contributed by atoms with van der Waals surface area (Å²) in [6.07, 6.45) is 0.139. The van der Waals surface area contributed by atoms with E-state index in [2.05, 4.69) is 0 Å². The van der Waals surface area contributed by atoms with Gasteiger partial charge in [0.1, 0.15) is 5.56 Å². The van der Waals surface area contributed by atoms with Gasteiger partial charge >= 0.3 is 11.9 Å². The van der Waals surface area contributed by atoms with Crippen LogP contribution in [-0.2, 0) is 9.53 Å².